The van der Waals surface area contributed by atoms with Crippen LogP contribution in [0, 0.1) is 6.92 Å². The van der Waals surface area contributed by atoms with E-state index in [1.807, 2.05) is 43.3 Å². The summed E-state index contributed by atoms with van der Waals surface area (Å²) in [5.74, 6) is 0.364. The molecule has 2 N–H and O–H groups in total. The zero-order chi connectivity index (χ0) is 28.4. The summed E-state index contributed by atoms with van der Waals surface area (Å²) in [6.07, 6.45) is -3.03. The number of ether oxygens (including phenoxy) is 1. The number of nitrogens with one attached hydrogen (secondary N) is 2. The van der Waals surface area contributed by atoms with Crippen molar-refractivity contribution in [3.8, 4) is 17.0 Å². The number of methoxy groups -OCH3 is 1. The van der Waals surface area contributed by atoms with Crippen LogP contribution in [0.15, 0.2) is 85.1 Å². The fourth-order valence-electron chi connectivity index (χ4n) is 4.29. The maximum absolute atomic E-state index is 13.2. The number of anilines is 3. The van der Waals surface area contributed by atoms with Crippen LogP contribution >= 0.6 is 11.6 Å². The summed E-state index contributed by atoms with van der Waals surface area (Å²) in [6, 6.07) is 21.6. The molecule has 0 aliphatic heterocycles. The molecule has 5 rings (SSSR count). The van der Waals surface area contributed by atoms with Crippen LogP contribution in [0.2, 0.25) is 5.02 Å². The Kier molecular flexibility index (Phi) is 7.32. The highest BCUT2D eigenvalue weighted by molar-refractivity contribution is 6.31. The molecule has 0 aliphatic carbocycles. The van der Waals surface area contributed by atoms with Gasteiger partial charge in [0.15, 0.2) is 0 Å². The second-order valence-electron chi connectivity index (χ2n) is 8.93. The lowest BCUT2D eigenvalue weighted by Gasteiger charge is -2.14. The Hall–Kier alpha value is -4.63. The molecule has 1 aromatic heterocycles. The minimum absolute atomic E-state index is 0.0307. The van der Waals surface area contributed by atoms with Gasteiger partial charge in [-0.3, -0.25) is 4.79 Å². The highest BCUT2D eigenvalue weighted by atomic mass is 35.5. The monoisotopic (exact) mass is 562 g/mol. The number of halogens is 4. The van der Waals surface area contributed by atoms with Gasteiger partial charge in [0, 0.05) is 23.1 Å². The lowest BCUT2D eigenvalue weighted by atomic mass is 10.0. The normalized spacial score (nSPS) is 11.3. The average molecular weight is 563 g/mol. The number of aryl methyl sites for hydroxylation is 1. The van der Waals surface area contributed by atoms with E-state index in [-0.39, 0.29) is 11.3 Å². The summed E-state index contributed by atoms with van der Waals surface area (Å²) in [6.45, 7) is 1.84. The summed E-state index contributed by atoms with van der Waals surface area (Å²) in [5, 5.41) is 7.21. The van der Waals surface area contributed by atoms with Gasteiger partial charge in [-0.2, -0.15) is 13.2 Å². The Morgan fingerprint density at radius 1 is 0.975 bits per heavy atom. The van der Waals surface area contributed by atoms with Crippen molar-refractivity contribution in [2.24, 2.45) is 0 Å². The van der Waals surface area contributed by atoms with Crippen molar-refractivity contribution in [3.05, 3.63) is 107 Å². The van der Waals surface area contributed by atoms with Gasteiger partial charge in [0.05, 0.1) is 29.0 Å². The van der Waals surface area contributed by atoms with Crippen LogP contribution in [0.3, 0.4) is 0 Å². The van der Waals surface area contributed by atoms with Gasteiger partial charge in [-0.05, 0) is 65.7 Å². The standard InChI is InChI=1S/C30H22ClF3N4O2/c1-17-7-8-19(28(39)36-20-10-11-23(31)22(16-20)30(32,33)34)15-25(17)38-29-35-14-13-24(37-29)27-21-6-4-3-5-18(21)9-12-26(27)40-2/h3-16H,1-2H3,(H,36,39)(H,35,37,38). The molecule has 202 valence electrons. The molecule has 0 fully saturated rings. The lowest BCUT2D eigenvalue weighted by Crippen LogP contribution is -2.14. The number of amides is 1. The Morgan fingerprint density at radius 3 is 2.55 bits per heavy atom. The van der Waals surface area contributed by atoms with E-state index in [0.717, 1.165) is 34.0 Å². The number of fused-ring (bicyclic) bond motifs is 1. The number of aromatic nitrogens is 2. The topological polar surface area (TPSA) is 76.1 Å². The van der Waals surface area contributed by atoms with E-state index in [2.05, 4.69) is 15.6 Å². The fourth-order valence-corrected chi connectivity index (χ4v) is 4.51. The van der Waals surface area contributed by atoms with E-state index in [9.17, 15) is 18.0 Å². The highest BCUT2D eigenvalue weighted by Crippen LogP contribution is 2.37. The van der Waals surface area contributed by atoms with Crippen LogP contribution in [0.1, 0.15) is 21.5 Å². The molecule has 0 spiro atoms. The summed E-state index contributed by atoms with van der Waals surface area (Å²) >= 11 is 5.69. The van der Waals surface area contributed by atoms with Gasteiger partial charge in [0.1, 0.15) is 5.75 Å². The molecule has 1 heterocycles. The van der Waals surface area contributed by atoms with Crippen molar-refractivity contribution in [1.29, 1.82) is 0 Å². The molecule has 4 aromatic carbocycles. The van der Waals surface area contributed by atoms with E-state index in [1.54, 1.807) is 37.6 Å². The number of benzene rings is 4. The first-order valence-corrected chi connectivity index (χ1v) is 12.5. The number of rotatable bonds is 6. The minimum Gasteiger partial charge on any atom is -0.496 e. The second kappa shape index (κ2) is 10.9. The highest BCUT2D eigenvalue weighted by Gasteiger charge is 2.33. The molecule has 0 aliphatic rings. The van der Waals surface area contributed by atoms with Crippen LogP contribution in [-0.2, 0) is 6.18 Å². The minimum atomic E-state index is -4.65. The van der Waals surface area contributed by atoms with Gasteiger partial charge in [0.25, 0.3) is 5.91 Å². The maximum Gasteiger partial charge on any atom is 0.417 e. The molecule has 0 unspecified atom stereocenters. The number of hydrogen-bond acceptors (Lipinski definition) is 5. The molecule has 0 radical (unpaired) electrons. The Balaban J connectivity index is 1.43. The van der Waals surface area contributed by atoms with Gasteiger partial charge in [-0.1, -0.05) is 48.0 Å². The van der Waals surface area contributed by atoms with E-state index in [1.165, 1.54) is 6.07 Å². The molecule has 6 nitrogen and oxygen atoms in total. The van der Waals surface area contributed by atoms with E-state index < -0.39 is 22.7 Å². The molecule has 10 heteroatoms. The smallest absolute Gasteiger partial charge is 0.417 e. The van der Waals surface area contributed by atoms with Gasteiger partial charge in [-0.25, -0.2) is 9.97 Å². The maximum atomic E-state index is 13.2. The largest absolute Gasteiger partial charge is 0.496 e. The quantitative estimate of drug-likeness (QED) is 0.218. The number of carbonyl (C=O) groups is 1. The third kappa shape index (κ3) is 5.55. The van der Waals surface area contributed by atoms with Crippen LogP contribution in [0.25, 0.3) is 22.0 Å². The van der Waals surface area contributed by atoms with E-state index in [4.69, 9.17) is 21.3 Å². The van der Waals surface area contributed by atoms with Crippen LogP contribution in [0.4, 0.5) is 30.5 Å². The predicted octanol–water partition coefficient (Wildman–Crippen LogP) is 8.28. The molecule has 5 aromatic rings. The number of hydrogen-bond donors (Lipinski definition) is 2. The lowest BCUT2D eigenvalue weighted by molar-refractivity contribution is -0.137. The van der Waals surface area contributed by atoms with Gasteiger partial charge in [-0.15, -0.1) is 0 Å². The van der Waals surface area contributed by atoms with Crippen molar-refractivity contribution in [2.45, 2.75) is 13.1 Å². The number of alkyl halides is 3. The molecular weight excluding hydrogens is 541 g/mol. The van der Waals surface area contributed by atoms with Crippen LogP contribution in [0.5, 0.6) is 5.75 Å². The summed E-state index contributed by atoms with van der Waals surface area (Å²) in [4.78, 5) is 21.9. The fraction of sp³-hybridized carbons (Fsp3) is 0.100. The zero-order valence-electron chi connectivity index (χ0n) is 21.3. The van der Waals surface area contributed by atoms with Crippen molar-refractivity contribution in [1.82, 2.24) is 9.97 Å². The Morgan fingerprint density at radius 2 is 1.77 bits per heavy atom. The van der Waals surface area contributed by atoms with Crippen molar-refractivity contribution < 1.29 is 22.7 Å². The van der Waals surface area contributed by atoms with Crippen molar-refractivity contribution in [2.75, 3.05) is 17.7 Å². The third-order valence-electron chi connectivity index (χ3n) is 6.30. The zero-order valence-corrected chi connectivity index (χ0v) is 22.1. The predicted molar refractivity (Wildman–Crippen MR) is 150 cm³/mol. The van der Waals surface area contributed by atoms with Crippen LogP contribution < -0.4 is 15.4 Å². The summed E-state index contributed by atoms with van der Waals surface area (Å²) in [5.41, 5.74) is 1.98. The van der Waals surface area contributed by atoms with Gasteiger partial charge >= 0.3 is 6.18 Å². The van der Waals surface area contributed by atoms with Crippen LogP contribution in [-0.4, -0.2) is 23.0 Å². The number of carbonyl (C=O) groups excluding carboxylic acids is 1. The Bertz CT molecular complexity index is 1740. The first-order valence-electron chi connectivity index (χ1n) is 12.1. The molecule has 0 atom stereocenters. The Labute approximate surface area is 232 Å². The molecule has 40 heavy (non-hydrogen) atoms. The van der Waals surface area contributed by atoms with Gasteiger partial charge < -0.3 is 15.4 Å². The third-order valence-corrected chi connectivity index (χ3v) is 6.63. The van der Waals surface area contributed by atoms with Crippen molar-refractivity contribution >= 4 is 45.6 Å². The molecule has 0 bridgehead atoms. The van der Waals surface area contributed by atoms with E-state index >= 15 is 0 Å². The first kappa shape index (κ1) is 27.0. The summed E-state index contributed by atoms with van der Waals surface area (Å²) in [7, 11) is 1.60. The molecule has 1 amide bonds. The van der Waals surface area contributed by atoms with E-state index in [0.29, 0.717) is 23.1 Å². The van der Waals surface area contributed by atoms with Gasteiger partial charge in [0.2, 0.25) is 5.95 Å². The SMILES string of the molecule is COc1ccc2ccccc2c1-c1ccnc(Nc2cc(C(=O)Nc3ccc(Cl)c(C(F)(F)F)c3)ccc2C)n1. The molecule has 0 saturated heterocycles. The second-order valence-corrected chi connectivity index (χ2v) is 9.34. The molecular formula is C30H22ClF3N4O2. The molecule has 0 saturated carbocycles. The average Bonchev–Trinajstić information content (AvgIpc) is 2.94. The first-order chi connectivity index (χ1) is 19.1. The number of nitrogens with zero attached hydrogens (tertiary/aromatic N) is 2. The van der Waals surface area contributed by atoms with Crippen molar-refractivity contribution in [3.63, 3.8) is 0 Å². The summed E-state index contributed by atoms with van der Waals surface area (Å²) < 4.78 is 45.3.